The number of carbonyl (C=O) groups excluding carboxylic acids is 3. The molecule has 3 amide bonds. The van der Waals surface area contributed by atoms with Crippen molar-refractivity contribution in [1.82, 2.24) is 9.80 Å². The van der Waals surface area contributed by atoms with Crippen LogP contribution in [0.3, 0.4) is 0 Å². The number of carbonyl (C=O) groups is 3. The van der Waals surface area contributed by atoms with Crippen molar-refractivity contribution in [2.75, 3.05) is 31.1 Å². The molecule has 3 aliphatic rings. The van der Waals surface area contributed by atoms with Crippen molar-refractivity contribution in [2.45, 2.75) is 50.7 Å². The molecule has 2 heterocycles. The van der Waals surface area contributed by atoms with E-state index in [9.17, 15) is 27.6 Å². The van der Waals surface area contributed by atoms with Crippen LogP contribution in [0.4, 0.5) is 23.7 Å². The second kappa shape index (κ2) is 7.92. The zero-order valence-electron chi connectivity index (χ0n) is 16.6. The summed E-state index contributed by atoms with van der Waals surface area (Å²) in [6.07, 6.45) is -1.76. The van der Waals surface area contributed by atoms with E-state index in [0.29, 0.717) is 51.6 Å². The van der Waals surface area contributed by atoms with Crippen LogP contribution >= 0.6 is 0 Å². The monoisotopic (exact) mass is 423 g/mol. The third kappa shape index (κ3) is 4.02. The number of halogens is 3. The van der Waals surface area contributed by atoms with Gasteiger partial charge >= 0.3 is 18.1 Å². The Morgan fingerprint density at radius 3 is 2.23 bits per heavy atom. The van der Waals surface area contributed by atoms with Crippen LogP contribution < -0.4 is 4.90 Å². The summed E-state index contributed by atoms with van der Waals surface area (Å²) < 4.78 is 38.3. The summed E-state index contributed by atoms with van der Waals surface area (Å²) >= 11 is 0. The lowest BCUT2D eigenvalue weighted by molar-refractivity contribution is -0.185. The van der Waals surface area contributed by atoms with Gasteiger partial charge in [-0.3, -0.25) is 14.5 Å². The maximum atomic E-state index is 13.0. The molecule has 0 bridgehead atoms. The quantitative estimate of drug-likeness (QED) is 0.735. The molecule has 6 nitrogen and oxygen atoms in total. The van der Waals surface area contributed by atoms with Crippen molar-refractivity contribution in [2.24, 2.45) is 0 Å². The zero-order chi connectivity index (χ0) is 21.5. The lowest BCUT2D eigenvalue weighted by Crippen LogP contribution is -2.42. The standard InChI is InChI=1S/C21H24F3N3O3/c22-21(23,24)19(29)25-9-7-14-1-2-17(13-15(14)8-10-25)27-12-11-26(20(27)30)16-3-5-18(28)6-4-16/h1-2,13,16H,3-12H2. The molecule has 0 N–H and O–H groups in total. The number of benzene rings is 1. The summed E-state index contributed by atoms with van der Waals surface area (Å²) in [5, 5.41) is 0. The molecular formula is C21H24F3N3O3. The highest BCUT2D eigenvalue weighted by Crippen LogP contribution is 2.30. The Kier molecular flexibility index (Phi) is 5.46. The molecule has 0 radical (unpaired) electrons. The Morgan fingerprint density at radius 1 is 0.900 bits per heavy atom. The van der Waals surface area contributed by atoms with E-state index in [1.807, 2.05) is 23.1 Å². The smallest absolute Gasteiger partial charge is 0.334 e. The van der Waals surface area contributed by atoms with Crippen molar-refractivity contribution in [3.8, 4) is 0 Å². The molecule has 2 fully saturated rings. The van der Waals surface area contributed by atoms with Crippen LogP contribution in [0.5, 0.6) is 0 Å². The maximum absolute atomic E-state index is 13.0. The van der Waals surface area contributed by atoms with Crippen LogP contribution in [-0.2, 0) is 22.4 Å². The highest BCUT2D eigenvalue weighted by molar-refractivity contribution is 5.94. The number of amides is 3. The Bertz CT molecular complexity index is 861. The van der Waals surface area contributed by atoms with Gasteiger partial charge in [0.05, 0.1) is 0 Å². The van der Waals surface area contributed by atoms with Crippen molar-refractivity contribution >= 4 is 23.4 Å². The molecule has 0 aromatic heterocycles. The number of ketones is 1. The number of Topliss-reactive ketones (excluding diaryl/α,β-unsaturated/α-hetero) is 1. The number of hydrogen-bond acceptors (Lipinski definition) is 3. The van der Waals surface area contributed by atoms with Crippen LogP contribution in [0, 0.1) is 0 Å². The Labute approximate surface area is 172 Å². The van der Waals surface area contributed by atoms with E-state index in [0.717, 1.165) is 21.7 Å². The second-order valence-electron chi connectivity index (χ2n) is 8.14. The van der Waals surface area contributed by atoms with Gasteiger partial charge in [-0.05, 0) is 48.9 Å². The first kappa shape index (κ1) is 20.7. The number of anilines is 1. The van der Waals surface area contributed by atoms with Crippen LogP contribution in [-0.4, -0.2) is 65.9 Å². The minimum Gasteiger partial charge on any atom is -0.334 e. The summed E-state index contributed by atoms with van der Waals surface area (Å²) in [5.74, 6) is -1.55. The molecule has 0 unspecified atom stereocenters. The fourth-order valence-electron chi connectivity index (χ4n) is 4.63. The van der Waals surface area contributed by atoms with Crippen molar-refractivity contribution in [3.05, 3.63) is 29.3 Å². The van der Waals surface area contributed by atoms with Crippen LogP contribution in [0.1, 0.15) is 36.8 Å². The normalized spacial score (nSPS) is 21.1. The topological polar surface area (TPSA) is 60.9 Å². The third-order valence-corrected chi connectivity index (χ3v) is 6.33. The van der Waals surface area contributed by atoms with E-state index >= 15 is 0 Å². The van der Waals surface area contributed by atoms with E-state index in [4.69, 9.17) is 0 Å². The van der Waals surface area contributed by atoms with Gasteiger partial charge in [0.25, 0.3) is 0 Å². The van der Waals surface area contributed by atoms with Crippen molar-refractivity contribution in [1.29, 1.82) is 0 Å². The van der Waals surface area contributed by atoms with E-state index in [1.165, 1.54) is 0 Å². The summed E-state index contributed by atoms with van der Waals surface area (Å²) in [6.45, 7) is 1.18. The third-order valence-electron chi connectivity index (χ3n) is 6.33. The molecule has 9 heteroatoms. The number of alkyl halides is 3. The first-order chi connectivity index (χ1) is 14.2. The number of fused-ring (bicyclic) bond motifs is 1. The SMILES string of the molecule is O=C1CCC(N2CCN(c3ccc4c(c3)CCN(C(=O)C(F)(F)F)CC4)C2=O)CC1. The molecule has 1 aromatic rings. The average Bonchev–Trinajstić information content (AvgIpc) is 2.96. The molecule has 162 valence electrons. The molecule has 4 rings (SSSR count). The number of hydrogen-bond donors (Lipinski definition) is 0. The van der Waals surface area contributed by atoms with Gasteiger partial charge in [0.1, 0.15) is 5.78 Å². The highest BCUT2D eigenvalue weighted by Gasteiger charge is 2.42. The van der Waals surface area contributed by atoms with Crippen LogP contribution in [0.15, 0.2) is 18.2 Å². The molecule has 0 spiro atoms. The zero-order valence-corrected chi connectivity index (χ0v) is 16.6. The molecule has 1 saturated heterocycles. The lowest BCUT2D eigenvalue weighted by atomic mass is 9.93. The van der Waals surface area contributed by atoms with Crippen LogP contribution in [0.2, 0.25) is 0 Å². The molecule has 2 aliphatic heterocycles. The fourth-order valence-corrected chi connectivity index (χ4v) is 4.63. The van der Waals surface area contributed by atoms with Crippen molar-refractivity contribution < 1.29 is 27.6 Å². The number of rotatable bonds is 2. The first-order valence-corrected chi connectivity index (χ1v) is 10.3. The average molecular weight is 423 g/mol. The minimum atomic E-state index is -4.86. The largest absolute Gasteiger partial charge is 0.471 e. The van der Waals surface area contributed by atoms with E-state index in [2.05, 4.69) is 0 Å². The predicted molar refractivity (Wildman–Crippen MR) is 103 cm³/mol. The van der Waals surface area contributed by atoms with E-state index in [1.54, 1.807) is 4.90 Å². The molecule has 0 atom stereocenters. The first-order valence-electron chi connectivity index (χ1n) is 10.3. The van der Waals surface area contributed by atoms with Crippen LogP contribution in [0.25, 0.3) is 0 Å². The molecule has 1 aromatic carbocycles. The Balaban J connectivity index is 1.45. The van der Waals surface area contributed by atoms with Gasteiger partial charge in [-0.2, -0.15) is 13.2 Å². The van der Waals surface area contributed by atoms with Gasteiger partial charge in [-0.15, -0.1) is 0 Å². The Hall–Kier alpha value is -2.58. The molecule has 1 saturated carbocycles. The van der Waals surface area contributed by atoms with Gasteiger partial charge in [0.15, 0.2) is 0 Å². The predicted octanol–water partition coefficient (Wildman–Crippen LogP) is 2.93. The highest BCUT2D eigenvalue weighted by atomic mass is 19.4. The maximum Gasteiger partial charge on any atom is 0.471 e. The van der Waals surface area contributed by atoms with Gasteiger partial charge in [0.2, 0.25) is 0 Å². The summed E-state index contributed by atoms with van der Waals surface area (Å²) in [6, 6.07) is 5.54. The van der Waals surface area contributed by atoms with Gasteiger partial charge in [-0.1, -0.05) is 6.07 Å². The van der Waals surface area contributed by atoms with Gasteiger partial charge in [0, 0.05) is 50.7 Å². The molecule has 30 heavy (non-hydrogen) atoms. The second-order valence-corrected chi connectivity index (χ2v) is 8.14. The molecule has 1 aliphatic carbocycles. The van der Waals surface area contributed by atoms with Gasteiger partial charge < -0.3 is 9.80 Å². The molecular weight excluding hydrogens is 399 g/mol. The summed E-state index contributed by atoms with van der Waals surface area (Å²) in [5.41, 5.74) is 2.51. The summed E-state index contributed by atoms with van der Waals surface area (Å²) in [7, 11) is 0. The number of nitrogens with zero attached hydrogens (tertiary/aromatic N) is 3. The minimum absolute atomic E-state index is 0.00493. The fraction of sp³-hybridized carbons (Fsp3) is 0.571. The summed E-state index contributed by atoms with van der Waals surface area (Å²) in [4.78, 5) is 40.4. The Morgan fingerprint density at radius 2 is 1.57 bits per heavy atom. The number of urea groups is 1. The van der Waals surface area contributed by atoms with Crippen molar-refractivity contribution in [3.63, 3.8) is 0 Å². The van der Waals surface area contributed by atoms with E-state index < -0.39 is 12.1 Å². The van der Waals surface area contributed by atoms with E-state index in [-0.39, 0.29) is 30.9 Å². The lowest BCUT2D eigenvalue weighted by Gasteiger charge is -2.30. The van der Waals surface area contributed by atoms with Gasteiger partial charge in [-0.25, -0.2) is 4.79 Å².